The van der Waals surface area contributed by atoms with Crippen LogP contribution < -0.4 is 10.5 Å². The zero-order chi connectivity index (χ0) is 15.2. The standard InChI is InChI=1S/C13H17ClF3NO2/c1-2-11(18)6-9-5-10(14)3-4-12(9)20-8-19-7-13(15,16)17/h3-5,11H,2,6-8,18H2,1H3. The third-order valence-corrected chi connectivity index (χ3v) is 2.83. The third kappa shape index (κ3) is 6.45. The van der Waals surface area contributed by atoms with Crippen molar-refractivity contribution in [1.82, 2.24) is 0 Å². The van der Waals surface area contributed by atoms with Crippen molar-refractivity contribution in [3.63, 3.8) is 0 Å². The first kappa shape index (κ1) is 17.1. The van der Waals surface area contributed by atoms with Gasteiger partial charge in [-0.15, -0.1) is 0 Å². The van der Waals surface area contributed by atoms with Crippen molar-refractivity contribution in [3.8, 4) is 5.75 Å². The van der Waals surface area contributed by atoms with Crippen molar-refractivity contribution < 1.29 is 22.6 Å². The summed E-state index contributed by atoms with van der Waals surface area (Å²) >= 11 is 5.89. The molecule has 1 aromatic carbocycles. The lowest BCUT2D eigenvalue weighted by Gasteiger charge is -2.15. The predicted octanol–water partition coefficient (Wildman–Crippen LogP) is 3.54. The minimum absolute atomic E-state index is 0.0630. The van der Waals surface area contributed by atoms with Crippen LogP contribution in [0.2, 0.25) is 5.02 Å². The van der Waals surface area contributed by atoms with E-state index >= 15 is 0 Å². The number of halogens is 4. The van der Waals surface area contributed by atoms with Crippen LogP contribution in [0.3, 0.4) is 0 Å². The molecule has 1 rings (SSSR count). The zero-order valence-corrected chi connectivity index (χ0v) is 11.8. The van der Waals surface area contributed by atoms with Gasteiger partial charge in [0.15, 0.2) is 6.79 Å². The van der Waals surface area contributed by atoms with Crippen LogP contribution in [-0.2, 0) is 11.2 Å². The smallest absolute Gasteiger partial charge is 0.411 e. The molecule has 0 saturated heterocycles. The molecule has 1 aromatic rings. The number of rotatable bonds is 7. The highest BCUT2D eigenvalue weighted by Gasteiger charge is 2.27. The topological polar surface area (TPSA) is 44.5 Å². The Morgan fingerprint density at radius 2 is 2.05 bits per heavy atom. The molecule has 0 saturated carbocycles. The van der Waals surface area contributed by atoms with E-state index < -0.39 is 19.6 Å². The Hall–Kier alpha value is -0.980. The van der Waals surface area contributed by atoms with E-state index in [1.165, 1.54) is 0 Å². The Balaban J connectivity index is 2.60. The second-order valence-corrected chi connectivity index (χ2v) is 4.79. The summed E-state index contributed by atoms with van der Waals surface area (Å²) in [5.41, 5.74) is 6.61. The molecule has 1 unspecified atom stereocenters. The fraction of sp³-hybridized carbons (Fsp3) is 0.538. The molecule has 0 amide bonds. The van der Waals surface area contributed by atoms with Crippen LogP contribution in [0.5, 0.6) is 5.75 Å². The predicted molar refractivity (Wildman–Crippen MR) is 70.9 cm³/mol. The Morgan fingerprint density at radius 1 is 1.35 bits per heavy atom. The van der Waals surface area contributed by atoms with Crippen molar-refractivity contribution in [2.45, 2.75) is 32.0 Å². The lowest BCUT2D eigenvalue weighted by atomic mass is 10.0. The number of ether oxygens (including phenoxy) is 2. The molecular formula is C13H17ClF3NO2. The summed E-state index contributed by atoms with van der Waals surface area (Å²) in [6.45, 7) is 0.127. The molecule has 1 atom stereocenters. The molecule has 0 radical (unpaired) electrons. The van der Waals surface area contributed by atoms with Crippen LogP contribution in [0.1, 0.15) is 18.9 Å². The summed E-state index contributed by atoms with van der Waals surface area (Å²) in [4.78, 5) is 0. The normalized spacial score (nSPS) is 13.3. The fourth-order valence-corrected chi connectivity index (χ4v) is 1.73. The molecule has 0 spiro atoms. The van der Waals surface area contributed by atoms with Gasteiger partial charge in [0, 0.05) is 11.1 Å². The number of alkyl halides is 3. The van der Waals surface area contributed by atoms with Gasteiger partial charge in [0.1, 0.15) is 12.4 Å². The SMILES string of the molecule is CCC(N)Cc1cc(Cl)ccc1OCOCC(F)(F)F. The molecule has 3 nitrogen and oxygen atoms in total. The minimum atomic E-state index is -4.36. The summed E-state index contributed by atoms with van der Waals surface area (Å²) in [5, 5.41) is 0.520. The lowest BCUT2D eigenvalue weighted by molar-refractivity contribution is -0.186. The van der Waals surface area contributed by atoms with E-state index in [4.69, 9.17) is 22.1 Å². The molecular weight excluding hydrogens is 295 g/mol. The molecule has 2 N–H and O–H groups in total. The largest absolute Gasteiger partial charge is 0.467 e. The van der Waals surface area contributed by atoms with Crippen molar-refractivity contribution in [2.75, 3.05) is 13.4 Å². The molecule has 114 valence electrons. The fourth-order valence-electron chi connectivity index (χ4n) is 1.54. The number of benzene rings is 1. The Kier molecular flexibility index (Phi) is 6.58. The second kappa shape index (κ2) is 7.71. The Morgan fingerprint density at radius 3 is 2.65 bits per heavy atom. The summed E-state index contributed by atoms with van der Waals surface area (Å²) < 4.78 is 45.4. The first-order valence-corrected chi connectivity index (χ1v) is 6.51. The van der Waals surface area contributed by atoms with Crippen molar-refractivity contribution in [1.29, 1.82) is 0 Å². The van der Waals surface area contributed by atoms with Crippen LogP contribution in [0.15, 0.2) is 18.2 Å². The van der Waals surface area contributed by atoms with Crippen molar-refractivity contribution >= 4 is 11.6 Å². The van der Waals surface area contributed by atoms with E-state index in [9.17, 15) is 13.2 Å². The van der Waals surface area contributed by atoms with Crippen LogP contribution in [0, 0.1) is 0 Å². The van der Waals surface area contributed by atoms with Gasteiger partial charge in [0.05, 0.1) is 0 Å². The Labute approximate surface area is 120 Å². The summed E-state index contributed by atoms with van der Waals surface area (Å²) in [6.07, 6.45) is -3.06. The van der Waals surface area contributed by atoms with Crippen molar-refractivity contribution in [3.05, 3.63) is 28.8 Å². The molecule has 0 bridgehead atoms. The van der Waals surface area contributed by atoms with E-state index in [0.717, 1.165) is 12.0 Å². The molecule has 7 heteroatoms. The van der Waals surface area contributed by atoms with Gasteiger partial charge >= 0.3 is 6.18 Å². The maximum Gasteiger partial charge on any atom is 0.411 e. The first-order valence-electron chi connectivity index (χ1n) is 6.13. The van der Waals surface area contributed by atoms with Gasteiger partial charge in [0.25, 0.3) is 0 Å². The van der Waals surface area contributed by atoms with E-state index in [1.807, 2.05) is 6.92 Å². The van der Waals surface area contributed by atoms with E-state index in [-0.39, 0.29) is 6.04 Å². The Bertz CT molecular complexity index is 427. The molecule has 0 fully saturated rings. The molecule has 0 heterocycles. The molecule has 0 aliphatic carbocycles. The van der Waals surface area contributed by atoms with Gasteiger partial charge in [-0.1, -0.05) is 18.5 Å². The first-order chi connectivity index (χ1) is 9.31. The molecule has 20 heavy (non-hydrogen) atoms. The van der Waals surface area contributed by atoms with Crippen LogP contribution in [-0.4, -0.2) is 25.6 Å². The van der Waals surface area contributed by atoms with Gasteiger partial charge in [-0.25, -0.2) is 0 Å². The quantitative estimate of drug-likeness (QED) is 0.619. The minimum Gasteiger partial charge on any atom is -0.467 e. The van der Waals surface area contributed by atoms with Crippen LogP contribution in [0.4, 0.5) is 13.2 Å². The lowest BCUT2D eigenvalue weighted by Crippen LogP contribution is -2.22. The van der Waals surface area contributed by atoms with Gasteiger partial charge in [0.2, 0.25) is 0 Å². The monoisotopic (exact) mass is 311 g/mol. The molecule has 0 aromatic heterocycles. The summed E-state index contributed by atoms with van der Waals surface area (Å²) in [5.74, 6) is 0.431. The zero-order valence-electron chi connectivity index (χ0n) is 11.0. The summed E-state index contributed by atoms with van der Waals surface area (Å²) in [6, 6.07) is 4.82. The highest BCUT2D eigenvalue weighted by molar-refractivity contribution is 6.30. The average molecular weight is 312 g/mol. The maximum atomic E-state index is 11.9. The van der Waals surface area contributed by atoms with Gasteiger partial charge in [-0.3, -0.25) is 0 Å². The van der Waals surface area contributed by atoms with E-state index in [1.54, 1.807) is 18.2 Å². The average Bonchev–Trinajstić information content (AvgIpc) is 2.35. The van der Waals surface area contributed by atoms with Gasteiger partial charge in [-0.2, -0.15) is 13.2 Å². The number of nitrogens with two attached hydrogens (primary N) is 1. The van der Waals surface area contributed by atoms with Crippen LogP contribution in [0.25, 0.3) is 0 Å². The highest BCUT2D eigenvalue weighted by atomic mass is 35.5. The molecule has 0 aliphatic rings. The summed E-state index contributed by atoms with van der Waals surface area (Å²) in [7, 11) is 0. The second-order valence-electron chi connectivity index (χ2n) is 4.35. The third-order valence-electron chi connectivity index (χ3n) is 2.59. The highest BCUT2D eigenvalue weighted by Crippen LogP contribution is 2.24. The number of hydrogen-bond acceptors (Lipinski definition) is 3. The van der Waals surface area contributed by atoms with Crippen LogP contribution >= 0.6 is 11.6 Å². The van der Waals surface area contributed by atoms with Gasteiger partial charge in [-0.05, 0) is 36.6 Å². The van der Waals surface area contributed by atoms with E-state index in [0.29, 0.717) is 17.2 Å². The maximum absolute atomic E-state index is 11.9. The number of hydrogen-bond donors (Lipinski definition) is 1. The molecule has 0 aliphatic heterocycles. The van der Waals surface area contributed by atoms with Crippen molar-refractivity contribution in [2.24, 2.45) is 5.73 Å². The van der Waals surface area contributed by atoms with Gasteiger partial charge < -0.3 is 15.2 Å². The van der Waals surface area contributed by atoms with E-state index in [2.05, 4.69) is 4.74 Å².